The Morgan fingerprint density at radius 3 is 1.48 bits per heavy atom. The van der Waals surface area contributed by atoms with Gasteiger partial charge in [0.1, 0.15) is 0 Å². The summed E-state index contributed by atoms with van der Waals surface area (Å²) in [6, 6.07) is 27.0. The van der Waals surface area contributed by atoms with Crippen molar-refractivity contribution in [3.05, 3.63) is 137 Å². The SMILES string of the molecule is O=[N+]([O-])c1ccc(/C=C/c2ccc(/C=C/c3ccc4c(=C5SC6=C(SCCS6)S5)c5ccccc5c(=C5SC6=C(SCCS6)S5)c4c3)s2)cc1. The van der Waals surface area contributed by atoms with Crippen LogP contribution in [0.1, 0.15) is 20.9 Å². The van der Waals surface area contributed by atoms with Crippen molar-refractivity contribution in [3.8, 4) is 0 Å². The number of non-ortho nitro benzene ring substituents is 1. The number of benzene rings is 4. The van der Waals surface area contributed by atoms with E-state index in [9.17, 15) is 10.1 Å². The third-order valence-electron chi connectivity index (χ3n) is 8.26. The molecule has 5 aromatic rings. The number of hydrogen-bond donors (Lipinski definition) is 0. The van der Waals surface area contributed by atoms with Gasteiger partial charge in [0.25, 0.3) is 5.69 Å². The van der Waals surface area contributed by atoms with Gasteiger partial charge in [-0.2, -0.15) is 0 Å². The van der Waals surface area contributed by atoms with E-state index >= 15 is 0 Å². The Hall–Kier alpha value is -2.00. The molecule has 5 heterocycles. The standard InChI is InChI=1S/C38H25NO2S9/c40-39(41)24-10-5-22(6-11-24)7-12-25-14-15-26(46-25)13-8-23-9-16-29-30(21-23)32(34-49-37-38(50-34)45-20-19-44-37)28-4-2-1-3-27(28)31(29)33-47-35-36(48-33)43-18-17-42-35/h1-16,21H,17-20H2/b12-7+,13-8+. The van der Waals surface area contributed by atoms with Crippen molar-refractivity contribution in [1.82, 2.24) is 0 Å². The maximum atomic E-state index is 11.0. The molecule has 0 fully saturated rings. The van der Waals surface area contributed by atoms with Crippen LogP contribution in [-0.4, -0.2) is 27.9 Å². The van der Waals surface area contributed by atoms with Gasteiger partial charge in [-0.05, 0) is 75.2 Å². The minimum atomic E-state index is -0.370. The van der Waals surface area contributed by atoms with Crippen molar-refractivity contribution in [2.45, 2.75) is 0 Å². The van der Waals surface area contributed by atoms with E-state index in [-0.39, 0.29) is 10.6 Å². The van der Waals surface area contributed by atoms with Crippen molar-refractivity contribution in [3.63, 3.8) is 0 Å². The van der Waals surface area contributed by atoms with Crippen LogP contribution in [0.3, 0.4) is 0 Å². The lowest BCUT2D eigenvalue weighted by atomic mass is 9.97. The number of fused-ring (bicyclic) bond motifs is 2. The van der Waals surface area contributed by atoms with Crippen molar-refractivity contribution >= 4 is 165 Å². The average Bonchev–Trinajstić information content (AvgIpc) is 3.90. The number of rotatable bonds is 5. The van der Waals surface area contributed by atoms with Gasteiger partial charge in [-0.25, -0.2) is 0 Å². The van der Waals surface area contributed by atoms with Crippen LogP contribution in [0.5, 0.6) is 0 Å². The maximum absolute atomic E-state index is 11.0. The van der Waals surface area contributed by atoms with Gasteiger partial charge >= 0.3 is 0 Å². The van der Waals surface area contributed by atoms with E-state index < -0.39 is 0 Å². The molecule has 0 radical (unpaired) electrons. The van der Waals surface area contributed by atoms with Crippen molar-refractivity contribution < 1.29 is 4.92 Å². The molecule has 1 aromatic heterocycles. The molecule has 3 nitrogen and oxygen atoms in total. The zero-order valence-corrected chi connectivity index (χ0v) is 33.4. The third kappa shape index (κ3) is 6.80. The van der Waals surface area contributed by atoms with Crippen molar-refractivity contribution in [2.24, 2.45) is 0 Å². The van der Waals surface area contributed by atoms with E-state index in [0.29, 0.717) is 0 Å². The van der Waals surface area contributed by atoms with Crippen LogP contribution in [0.25, 0.3) is 54.3 Å². The Balaban J connectivity index is 1.13. The van der Waals surface area contributed by atoms with Crippen molar-refractivity contribution in [1.29, 1.82) is 0 Å². The first-order chi connectivity index (χ1) is 24.6. The summed E-state index contributed by atoms with van der Waals surface area (Å²) in [6.07, 6.45) is 8.51. The number of nitro benzene ring substituents is 1. The van der Waals surface area contributed by atoms with Crippen LogP contribution in [0.15, 0.2) is 95.8 Å². The summed E-state index contributed by atoms with van der Waals surface area (Å²) in [5.74, 6) is 4.72. The van der Waals surface area contributed by atoms with Gasteiger partial charge in [0, 0.05) is 55.3 Å². The summed E-state index contributed by atoms with van der Waals surface area (Å²) < 4.78 is 8.69. The van der Waals surface area contributed by atoms with Gasteiger partial charge in [-0.15, -0.1) is 58.4 Å². The fourth-order valence-corrected chi connectivity index (χ4v) is 19.0. The molecule has 0 aliphatic carbocycles. The normalized spacial score (nSPS) is 18.0. The fraction of sp³-hybridized carbons (Fsp3) is 0.105. The molecule has 12 heteroatoms. The van der Waals surface area contributed by atoms with Crippen LogP contribution >= 0.6 is 105 Å². The maximum Gasteiger partial charge on any atom is 0.269 e. The molecule has 0 amide bonds. The lowest BCUT2D eigenvalue weighted by Gasteiger charge is -2.12. The van der Waals surface area contributed by atoms with Crippen LogP contribution < -0.4 is 10.4 Å². The number of thioether (sulfide) groups is 8. The first kappa shape index (κ1) is 33.8. The molecule has 4 aromatic carbocycles. The highest BCUT2D eigenvalue weighted by atomic mass is 32.3. The predicted octanol–water partition coefficient (Wildman–Crippen LogP) is 12.6. The fourth-order valence-electron chi connectivity index (χ4n) is 5.99. The summed E-state index contributed by atoms with van der Waals surface area (Å²) >= 11 is 17.7. The molecule has 248 valence electrons. The molecule has 4 aliphatic rings. The summed E-state index contributed by atoms with van der Waals surface area (Å²) in [6.45, 7) is 0. The Bertz CT molecular complexity index is 2440. The monoisotopic (exact) mass is 815 g/mol. The van der Waals surface area contributed by atoms with Crippen LogP contribution in [0.2, 0.25) is 0 Å². The molecule has 0 spiro atoms. The summed E-state index contributed by atoms with van der Waals surface area (Å²) in [5.41, 5.74) is 2.23. The number of nitro groups is 1. The molecule has 0 unspecified atom stereocenters. The molecule has 4 aliphatic heterocycles. The predicted molar refractivity (Wildman–Crippen MR) is 237 cm³/mol. The zero-order valence-electron chi connectivity index (χ0n) is 26.1. The second-order valence-corrected chi connectivity index (χ2v) is 22.6. The molecule has 0 atom stereocenters. The van der Waals surface area contributed by atoms with Crippen molar-refractivity contribution in [2.75, 3.05) is 23.0 Å². The first-order valence-electron chi connectivity index (χ1n) is 15.7. The van der Waals surface area contributed by atoms with E-state index in [0.717, 1.165) is 10.4 Å². The van der Waals surface area contributed by atoms with Gasteiger partial charge in [-0.1, -0.05) is 95.6 Å². The van der Waals surface area contributed by atoms with Gasteiger partial charge < -0.3 is 0 Å². The van der Waals surface area contributed by atoms with E-state index in [1.807, 2.05) is 100 Å². The number of nitrogens with zero attached hydrogens (tertiary/aromatic N) is 1. The van der Waals surface area contributed by atoms with E-state index in [4.69, 9.17) is 0 Å². The molecule has 9 rings (SSSR count). The molecule has 0 bridgehead atoms. The summed E-state index contributed by atoms with van der Waals surface area (Å²) in [7, 11) is 0. The van der Waals surface area contributed by atoms with Gasteiger partial charge in [0.05, 0.1) is 30.3 Å². The molecule has 50 heavy (non-hydrogen) atoms. The largest absolute Gasteiger partial charge is 0.269 e. The Kier molecular flexibility index (Phi) is 10.0. The lowest BCUT2D eigenvalue weighted by molar-refractivity contribution is -0.384. The number of thiophene rings is 1. The Morgan fingerprint density at radius 1 is 0.500 bits per heavy atom. The molecular formula is C38H25NO2S9. The van der Waals surface area contributed by atoms with Gasteiger partial charge in [0.2, 0.25) is 0 Å². The zero-order chi connectivity index (χ0) is 33.6. The second kappa shape index (κ2) is 14.8. The molecule has 0 saturated carbocycles. The van der Waals surface area contributed by atoms with Crippen LogP contribution in [0.4, 0.5) is 5.69 Å². The topological polar surface area (TPSA) is 43.1 Å². The summed E-state index contributed by atoms with van der Waals surface area (Å²) in [4.78, 5) is 12.9. The Labute approximate surface area is 327 Å². The first-order valence-corrected chi connectivity index (χ1v) is 23.7. The van der Waals surface area contributed by atoms with E-state index in [1.54, 1.807) is 35.6 Å². The summed E-state index contributed by atoms with van der Waals surface area (Å²) in [5, 5.41) is 19.1. The smallest absolute Gasteiger partial charge is 0.258 e. The average molecular weight is 816 g/mol. The van der Waals surface area contributed by atoms with Crippen LogP contribution in [-0.2, 0) is 0 Å². The number of hydrogen-bond acceptors (Lipinski definition) is 11. The quantitative estimate of drug-likeness (QED) is 0.0973. The second-order valence-electron chi connectivity index (χ2n) is 11.4. The molecular weight excluding hydrogens is 791 g/mol. The van der Waals surface area contributed by atoms with Gasteiger partial charge in [-0.3, -0.25) is 10.1 Å². The highest BCUT2D eigenvalue weighted by Gasteiger charge is 2.29. The van der Waals surface area contributed by atoms with Gasteiger partial charge in [0.15, 0.2) is 0 Å². The minimum absolute atomic E-state index is 0.105. The minimum Gasteiger partial charge on any atom is -0.258 e. The molecule has 0 N–H and O–H groups in total. The van der Waals surface area contributed by atoms with E-state index in [1.165, 1.54) is 90.9 Å². The molecule has 0 saturated heterocycles. The highest BCUT2D eigenvalue weighted by molar-refractivity contribution is 8.47. The van der Waals surface area contributed by atoms with E-state index in [2.05, 4.69) is 72.8 Å². The third-order valence-corrected chi connectivity index (χ3v) is 20.9. The van der Waals surface area contributed by atoms with Crippen LogP contribution in [0, 0.1) is 10.1 Å². The highest BCUT2D eigenvalue weighted by Crippen LogP contribution is 2.61. The Morgan fingerprint density at radius 2 is 0.960 bits per heavy atom. The lowest BCUT2D eigenvalue weighted by Crippen LogP contribution is -2.17.